The van der Waals surface area contributed by atoms with Gasteiger partial charge in [0.05, 0.1) is 12.5 Å². The maximum Gasteiger partial charge on any atom is 0.227 e. The molecule has 2 aliphatic heterocycles. The molecule has 130 valence electrons. The Labute approximate surface area is 149 Å². The van der Waals surface area contributed by atoms with Crippen LogP contribution in [0.5, 0.6) is 0 Å². The summed E-state index contributed by atoms with van der Waals surface area (Å²) >= 11 is 0. The van der Waals surface area contributed by atoms with Gasteiger partial charge in [-0.25, -0.2) is 0 Å². The molecule has 0 saturated carbocycles. The molecule has 1 N–H and O–H groups in total. The van der Waals surface area contributed by atoms with E-state index in [1.165, 1.54) is 18.4 Å². The van der Waals surface area contributed by atoms with Crippen molar-refractivity contribution in [2.75, 3.05) is 6.54 Å². The minimum absolute atomic E-state index is 0.177. The summed E-state index contributed by atoms with van der Waals surface area (Å²) in [6.45, 7) is 1.06. The van der Waals surface area contributed by atoms with Crippen molar-refractivity contribution >= 4 is 5.91 Å². The van der Waals surface area contributed by atoms with E-state index < -0.39 is 0 Å². The number of nitrogens with zero attached hydrogens (tertiary/aromatic N) is 2. The molecular weight excluding hydrogens is 310 g/mol. The predicted molar refractivity (Wildman–Crippen MR) is 98.0 cm³/mol. The third kappa shape index (κ3) is 3.45. The molecule has 2 aliphatic rings. The Morgan fingerprint density at radius 1 is 1.12 bits per heavy atom. The Hall–Kier alpha value is -2.20. The van der Waals surface area contributed by atoms with Crippen molar-refractivity contribution in [3.8, 4) is 0 Å². The van der Waals surface area contributed by atoms with Gasteiger partial charge in [0, 0.05) is 24.5 Å². The fourth-order valence-electron chi connectivity index (χ4n) is 4.36. The predicted octanol–water partition coefficient (Wildman–Crippen LogP) is 3.11. The van der Waals surface area contributed by atoms with Gasteiger partial charge in [-0.15, -0.1) is 0 Å². The Balaban J connectivity index is 1.62. The van der Waals surface area contributed by atoms with Gasteiger partial charge in [-0.05, 0) is 49.1 Å². The summed E-state index contributed by atoms with van der Waals surface area (Å²) in [6, 6.07) is 15.3. The van der Waals surface area contributed by atoms with Gasteiger partial charge >= 0.3 is 0 Å². The Morgan fingerprint density at radius 3 is 2.72 bits per heavy atom. The van der Waals surface area contributed by atoms with Gasteiger partial charge in [0.15, 0.2) is 0 Å². The topological polar surface area (TPSA) is 45.2 Å². The van der Waals surface area contributed by atoms with E-state index in [0.717, 1.165) is 24.9 Å². The third-order valence-corrected chi connectivity index (χ3v) is 5.54. The van der Waals surface area contributed by atoms with E-state index in [2.05, 4.69) is 39.5 Å². The highest BCUT2D eigenvalue weighted by molar-refractivity contribution is 5.80. The van der Waals surface area contributed by atoms with Gasteiger partial charge in [-0.1, -0.05) is 36.8 Å². The summed E-state index contributed by atoms with van der Waals surface area (Å²) in [5.74, 6) is 0.233. The summed E-state index contributed by atoms with van der Waals surface area (Å²) in [4.78, 5) is 19.5. The van der Waals surface area contributed by atoms with E-state index in [1.807, 2.05) is 18.2 Å². The second-order valence-corrected chi connectivity index (χ2v) is 7.12. The van der Waals surface area contributed by atoms with E-state index in [4.69, 9.17) is 0 Å². The summed E-state index contributed by atoms with van der Waals surface area (Å²) in [6.07, 6.45) is 8.48. The summed E-state index contributed by atoms with van der Waals surface area (Å²) in [5.41, 5.74) is 2.29. The Morgan fingerprint density at radius 2 is 1.92 bits per heavy atom. The van der Waals surface area contributed by atoms with Crippen LogP contribution in [-0.2, 0) is 11.2 Å². The molecule has 1 aromatic heterocycles. The highest BCUT2D eigenvalue weighted by atomic mass is 16.2. The lowest BCUT2D eigenvalue weighted by atomic mass is 10.0. The van der Waals surface area contributed by atoms with Crippen LogP contribution in [0.3, 0.4) is 0 Å². The van der Waals surface area contributed by atoms with Crippen LogP contribution in [0.25, 0.3) is 0 Å². The van der Waals surface area contributed by atoms with Crippen LogP contribution in [0, 0.1) is 0 Å². The maximum atomic E-state index is 13.2. The number of aromatic nitrogens is 1. The van der Waals surface area contributed by atoms with Crippen LogP contribution >= 0.6 is 0 Å². The standard InChI is InChI=1S/C21H25N3O/c25-21(14-16-9-12-22-13-10-16)24-19-8-4-5-11-23-18(19)15-20(24)17-6-2-1-3-7-17/h1-3,6-7,9-10,12-13,18-20,23H,4-5,8,11,14-15H2/t18-,19+,20+/m1/s1. The second kappa shape index (κ2) is 7.36. The lowest BCUT2D eigenvalue weighted by Gasteiger charge is -2.31. The molecular formula is C21H25N3O. The lowest BCUT2D eigenvalue weighted by molar-refractivity contribution is -0.133. The zero-order valence-corrected chi connectivity index (χ0v) is 14.5. The van der Waals surface area contributed by atoms with Crippen LogP contribution < -0.4 is 5.32 Å². The van der Waals surface area contributed by atoms with Crippen LogP contribution in [0.15, 0.2) is 54.9 Å². The monoisotopic (exact) mass is 335 g/mol. The number of hydrogen-bond acceptors (Lipinski definition) is 3. The fraction of sp³-hybridized carbons (Fsp3) is 0.429. The molecule has 4 nitrogen and oxygen atoms in total. The number of carbonyl (C=O) groups excluding carboxylic acids is 1. The van der Waals surface area contributed by atoms with Gasteiger partial charge < -0.3 is 10.2 Å². The average molecular weight is 335 g/mol. The highest BCUT2D eigenvalue weighted by Gasteiger charge is 2.44. The molecule has 2 fully saturated rings. The maximum absolute atomic E-state index is 13.2. The first-order valence-corrected chi connectivity index (χ1v) is 9.31. The zero-order valence-electron chi connectivity index (χ0n) is 14.5. The fourth-order valence-corrected chi connectivity index (χ4v) is 4.36. The first kappa shape index (κ1) is 16.3. The lowest BCUT2D eigenvalue weighted by Crippen LogP contribution is -2.44. The minimum Gasteiger partial charge on any atom is -0.331 e. The molecule has 0 aliphatic carbocycles. The molecule has 0 radical (unpaired) electrons. The van der Waals surface area contributed by atoms with E-state index in [9.17, 15) is 4.79 Å². The molecule has 2 saturated heterocycles. The molecule has 25 heavy (non-hydrogen) atoms. The number of likely N-dealkylation sites (tertiary alicyclic amines) is 1. The molecule has 0 unspecified atom stereocenters. The van der Waals surface area contributed by atoms with Crippen LogP contribution in [0.1, 0.15) is 42.9 Å². The first-order chi connectivity index (χ1) is 12.3. The van der Waals surface area contributed by atoms with Crippen molar-refractivity contribution in [2.24, 2.45) is 0 Å². The van der Waals surface area contributed by atoms with Crippen LogP contribution in [0.2, 0.25) is 0 Å². The van der Waals surface area contributed by atoms with E-state index >= 15 is 0 Å². The van der Waals surface area contributed by atoms with Gasteiger partial charge in [0.2, 0.25) is 5.91 Å². The van der Waals surface area contributed by atoms with Crippen molar-refractivity contribution in [1.82, 2.24) is 15.2 Å². The van der Waals surface area contributed by atoms with Crippen LogP contribution in [0.4, 0.5) is 0 Å². The molecule has 1 aromatic carbocycles. The number of benzene rings is 1. The van der Waals surface area contributed by atoms with Crippen molar-refractivity contribution < 1.29 is 4.79 Å². The van der Waals surface area contributed by atoms with Crippen molar-refractivity contribution in [2.45, 2.75) is 50.2 Å². The highest BCUT2D eigenvalue weighted by Crippen LogP contribution is 2.39. The third-order valence-electron chi connectivity index (χ3n) is 5.54. The number of rotatable bonds is 3. The van der Waals surface area contributed by atoms with E-state index in [-0.39, 0.29) is 11.9 Å². The van der Waals surface area contributed by atoms with E-state index in [0.29, 0.717) is 18.5 Å². The van der Waals surface area contributed by atoms with Gasteiger partial charge in [-0.2, -0.15) is 0 Å². The average Bonchev–Trinajstić information content (AvgIpc) is 2.86. The molecule has 2 aromatic rings. The number of hydrogen-bond donors (Lipinski definition) is 1. The summed E-state index contributed by atoms with van der Waals surface area (Å²) in [7, 11) is 0. The molecule has 1 amide bonds. The van der Waals surface area contributed by atoms with E-state index in [1.54, 1.807) is 12.4 Å². The quantitative estimate of drug-likeness (QED) is 0.937. The first-order valence-electron chi connectivity index (χ1n) is 9.31. The molecule has 0 bridgehead atoms. The second-order valence-electron chi connectivity index (χ2n) is 7.12. The SMILES string of the molecule is O=C(Cc1ccncc1)N1[C@H](c2ccccc2)C[C@H]2NCCCC[C@@H]21. The smallest absolute Gasteiger partial charge is 0.227 e. The van der Waals surface area contributed by atoms with Gasteiger partial charge in [0.25, 0.3) is 0 Å². The van der Waals surface area contributed by atoms with Crippen molar-refractivity contribution in [1.29, 1.82) is 0 Å². The van der Waals surface area contributed by atoms with Crippen molar-refractivity contribution in [3.05, 3.63) is 66.0 Å². The number of amides is 1. The largest absolute Gasteiger partial charge is 0.331 e. The zero-order chi connectivity index (χ0) is 17.1. The molecule has 4 heteroatoms. The van der Waals surface area contributed by atoms with Crippen molar-refractivity contribution in [3.63, 3.8) is 0 Å². The number of pyridine rings is 1. The molecule has 0 spiro atoms. The number of nitrogens with one attached hydrogen (secondary N) is 1. The molecule has 3 atom stereocenters. The number of carbonyl (C=O) groups is 1. The molecule has 4 rings (SSSR count). The minimum atomic E-state index is 0.177. The molecule has 3 heterocycles. The summed E-state index contributed by atoms with van der Waals surface area (Å²) in [5, 5.41) is 3.69. The summed E-state index contributed by atoms with van der Waals surface area (Å²) < 4.78 is 0. The Bertz CT molecular complexity index is 704. The Kier molecular flexibility index (Phi) is 4.79. The van der Waals surface area contributed by atoms with Gasteiger partial charge in [-0.3, -0.25) is 9.78 Å². The normalized spacial score (nSPS) is 26.1. The number of fused-ring (bicyclic) bond motifs is 1. The van der Waals surface area contributed by atoms with Crippen LogP contribution in [-0.4, -0.2) is 34.4 Å². The van der Waals surface area contributed by atoms with Gasteiger partial charge in [0.1, 0.15) is 0 Å².